The summed E-state index contributed by atoms with van der Waals surface area (Å²) in [6, 6.07) is 18.4. The van der Waals surface area contributed by atoms with Crippen LogP contribution in [0.25, 0.3) is 0 Å². The van der Waals surface area contributed by atoms with Gasteiger partial charge < -0.3 is 15.2 Å². The molecule has 118 valence electrons. The van der Waals surface area contributed by atoms with Gasteiger partial charge in [0.25, 0.3) is 0 Å². The van der Waals surface area contributed by atoms with E-state index in [2.05, 4.69) is 31.3 Å². The van der Waals surface area contributed by atoms with Crippen LogP contribution < -0.4 is 10.1 Å². The van der Waals surface area contributed by atoms with Crippen LogP contribution in [0.1, 0.15) is 36.9 Å². The van der Waals surface area contributed by atoms with Crippen molar-refractivity contribution in [3.63, 3.8) is 0 Å². The molecule has 2 aromatic carbocycles. The van der Waals surface area contributed by atoms with Crippen molar-refractivity contribution in [2.75, 3.05) is 13.7 Å². The molecule has 0 bridgehead atoms. The molecule has 0 radical (unpaired) electrons. The van der Waals surface area contributed by atoms with Crippen LogP contribution in [0.2, 0.25) is 0 Å². The van der Waals surface area contributed by atoms with Gasteiger partial charge in [-0.1, -0.05) is 49.4 Å². The molecule has 22 heavy (non-hydrogen) atoms. The average molecular weight is 299 g/mol. The number of nitrogens with one attached hydrogen (secondary N) is 1. The summed E-state index contributed by atoms with van der Waals surface area (Å²) in [4.78, 5) is 0. The highest BCUT2D eigenvalue weighted by Gasteiger charge is 2.19. The Labute approximate surface area is 133 Å². The Morgan fingerprint density at radius 2 is 1.59 bits per heavy atom. The van der Waals surface area contributed by atoms with Crippen LogP contribution in [0, 0.1) is 0 Å². The van der Waals surface area contributed by atoms with Crippen LogP contribution >= 0.6 is 0 Å². The molecule has 3 atom stereocenters. The molecule has 2 N–H and O–H groups in total. The van der Waals surface area contributed by atoms with Gasteiger partial charge in [-0.15, -0.1) is 0 Å². The summed E-state index contributed by atoms with van der Waals surface area (Å²) < 4.78 is 5.20. The highest BCUT2D eigenvalue weighted by atomic mass is 16.5. The van der Waals surface area contributed by atoms with Crippen LogP contribution in [0.3, 0.4) is 0 Å². The van der Waals surface area contributed by atoms with E-state index in [4.69, 9.17) is 4.74 Å². The predicted octanol–water partition coefficient (Wildman–Crippen LogP) is 3.51. The monoisotopic (exact) mass is 299 g/mol. The summed E-state index contributed by atoms with van der Waals surface area (Å²) in [7, 11) is 1.67. The van der Waals surface area contributed by atoms with Gasteiger partial charge in [0.1, 0.15) is 5.75 Å². The quantitative estimate of drug-likeness (QED) is 0.822. The van der Waals surface area contributed by atoms with Gasteiger partial charge in [-0.2, -0.15) is 0 Å². The fourth-order valence-electron chi connectivity index (χ4n) is 2.60. The molecular formula is C19H25NO2. The van der Waals surface area contributed by atoms with Gasteiger partial charge in [0.05, 0.1) is 19.8 Å². The molecule has 0 aliphatic carbocycles. The first kappa shape index (κ1) is 16.5. The Kier molecular flexibility index (Phi) is 5.99. The first-order valence-corrected chi connectivity index (χ1v) is 7.71. The summed E-state index contributed by atoms with van der Waals surface area (Å²) in [6.07, 6.45) is 0. The van der Waals surface area contributed by atoms with Crippen LogP contribution in [-0.2, 0) is 0 Å². The minimum Gasteiger partial charge on any atom is -0.497 e. The van der Waals surface area contributed by atoms with E-state index >= 15 is 0 Å². The molecule has 3 nitrogen and oxygen atoms in total. The lowest BCUT2D eigenvalue weighted by Gasteiger charge is -2.27. The molecule has 0 aromatic heterocycles. The minimum absolute atomic E-state index is 0.0445. The fraction of sp³-hybridized carbons (Fsp3) is 0.368. The number of hydrogen-bond acceptors (Lipinski definition) is 3. The standard InChI is InChI=1S/C19H25NO2/c1-14(16-9-11-18(22-3)12-10-16)15(2)20-19(13-21)17-7-5-4-6-8-17/h4-12,14-15,19-21H,13H2,1-3H3/t14?,15?,19-/m1/s1. The summed E-state index contributed by atoms with van der Waals surface area (Å²) in [5, 5.41) is 13.2. The molecule has 0 aliphatic rings. The van der Waals surface area contributed by atoms with Gasteiger partial charge >= 0.3 is 0 Å². The summed E-state index contributed by atoms with van der Waals surface area (Å²) in [5.74, 6) is 1.21. The zero-order valence-electron chi connectivity index (χ0n) is 13.5. The largest absolute Gasteiger partial charge is 0.497 e. The van der Waals surface area contributed by atoms with Crippen LogP contribution in [0.5, 0.6) is 5.75 Å². The fourth-order valence-corrected chi connectivity index (χ4v) is 2.60. The van der Waals surface area contributed by atoms with E-state index < -0.39 is 0 Å². The number of aliphatic hydroxyl groups excluding tert-OH is 1. The maximum atomic E-state index is 9.67. The Balaban J connectivity index is 2.04. The van der Waals surface area contributed by atoms with Crippen molar-refractivity contribution in [1.82, 2.24) is 5.32 Å². The smallest absolute Gasteiger partial charge is 0.118 e. The summed E-state index contributed by atoms with van der Waals surface area (Å²) in [5.41, 5.74) is 2.37. The molecule has 0 heterocycles. The average Bonchev–Trinajstić information content (AvgIpc) is 2.59. The van der Waals surface area contributed by atoms with Crippen LogP contribution in [0.15, 0.2) is 54.6 Å². The molecule has 2 unspecified atom stereocenters. The van der Waals surface area contributed by atoms with Crippen molar-refractivity contribution in [2.24, 2.45) is 0 Å². The van der Waals surface area contributed by atoms with Crippen molar-refractivity contribution in [3.8, 4) is 5.75 Å². The predicted molar refractivity (Wildman–Crippen MR) is 90.3 cm³/mol. The Morgan fingerprint density at radius 3 is 2.14 bits per heavy atom. The van der Waals surface area contributed by atoms with Crippen molar-refractivity contribution < 1.29 is 9.84 Å². The van der Waals surface area contributed by atoms with Gasteiger partial charge in [-0.25, -0.2) is 0 Å². The number of ether oxygens (including phenoxy) is 1. The molecule has 0 spiro atoms. The second-order valence-corrected chi connectivity index (χ2v) is 5.66. The number of hydrogen-bond donors (Lipinski definition) is 2. The number of rotatable bonds is 7. The zero-order chi connectivity index (χ0) is 15.9. The third-order valence-corrected chi connectivity index (χ3v) is 4.24. The lowest BCUT2D eigenvalue weighted by Crippen LogP contribution is -2.36. The number of methoxy groups -OCH3 is 1. The van der Waals surface area contributed by atoms with E-state index in [1.807, 2.05) is 42.5 Å². The molecule has 0 saturated heterocycles. The first-order valence-electron chi connectivity index (χ1n) is 7.71. The highest BCUT2D eigenvalue weighted by Crippen LogP contribution is 2.24. The zero-order valence-corrected chi connectivity index (χ0v) is 13.5. The van der Waals surface area contributed by atoms with E-state index in [1.165, 1.54) is 5.56 Å². The highest BCUT2D eigenvalue weighted by molar-refractivity contribution is 5.30. The molecule has 2 rings (SSSR count). The van der Waals surface area contributed by atoms with Crippen molar-refractivity contribution in [1.29, 1.82) is 0 Å². The SMILES string of the molecule is COc1ccc(C(C)C(C)N[C@H](CO)c2ccccc2)cc1. The van der Waals surface area contributed by atoms with E-state index in [-0.39, 0.29) is 18.7 Å². The van der Waals surface area contributed by atoms with E-state index in [0.29, 0.717) is 5.92 Å². The number of benzene rings is 2. The van der Waals surface area contributed by atoms with Gasteiger partial charge in [-0.3, -0.25) is 0 Å². The van der Waals surface area contributed by atoms with Crippen molar-refractivity contribution in [3.05, 3.63) is 65.7 Å². The van der Waals surface area contributed by atoms with Crippen molar-refractivity contribution in [2.45, 2.75) is 31.8 Å². The van der Waals surface area contributed by atoms with E-state index in [9.17, 15) is 5.11 Å². The Hall–Kier alpha value is -1.84. The van der Waals surface area contributed by atoms with Gasteiger partial charge in [0.2, 0.25) is 0 Å². The van der Waals surface area contributed by atoms with Gasteiger partial charge in [0.15, 0.2) is 0 Å². The lowest BCUT2D eigenvalue weighted by molar-refractivity contribution is 0.230. The molecule has 0 fully saturated rings. The topological polar surface area (TPSA) is 41.5 Å². The van der Waals surface area contributed by atoms with Crippen molar-refractivity contribution >= 4 is 0 Å². The molecule has 3 heteroatoms. The molecule has 2 aromatic rings. The molecule has 0 saturated carbocycles. The first-order chi connectivity index (χ1) is 10.7. The number of aliphatic hydroxyl groups is 1. The molecule has 0 aliphatic heterocycles. The second kappa shape index (κ2) is 7.97. The lowest BCUT2D eigenvalue weighted by atomic mass is 9.93. The normalized spacial score (nSPS) is 15.1. The molecular weight excluding hydrogens is 274 g/mol. The van der Waals surface area contributed by atoms with E-state index in [0.717, 1.165) is 11.3 Å². The third-order valence-electron chi connectivity index (χ3n) is 4.24. The molecule has 0 amide bonds. The summed E-state index contributed by atoms with van der Waals surface area (Å²) >= 11 is 0. The van der Waals surface area contributed by atoms with Crippen LogP contribution in [-0.4, -0.2) is 24.9 Å². The maximum absolute atomic E-state index is 9.67. The van der Waals surface area contributed by atoms with E-state index in [1.54, 1.807) is 7.11 Å². The summed E-state index contributed by atoms with van der Waals surface area (Å²) in [6.45, 7) is 4.43. The Bertz CT molecular complexity index is 553. The van der Waals surface area contributed by atoms with Gasteiger partial charge in [-0.05, 0) is 36.1 Å². The second-order valence-electron chi connectivity index (χ2n) is 5.66. The Morgan fingerprint density at radius 1 is 0.955 bits per heavy atom. The maximum Gasteiger partial charge on any atom is 0.118 e. The van der Waals surface area contributed by atoms with Gasteiger partial charge in [0, 0.05) is 6.04 Å². The third kappa shape index (κ3) is 4.09. The van der Waals surface area contributed by atoms with Crippen LogP contribution in [0.4, 0.5) is 0 Å². The minimum atomic E-state index is -0.0445.